The third-order valence-corrected chi connectivity index (χ3v) is 1.84. The Bertz CT molecular complexity index is 398. The molecule has 0 bridgehead atoms. The van der Waals surface area contributed by atoms with Gasteiger partial charge in [-0.2, -0.15) is 5.26 Å². The van der Waals surface area contributed by atoms with Crippen molar-refractivity contribution in [1.29, 1.82) is 5.26 Å². The summed E-state index contributed by atoms with van der Waals surface area (Å²) in [5.41, 5.74) is 6.07. The van der Waals surface area contributed by atoms with E-state index in [0.717, 1.165) is 0 Å². The minimum absolute atomic E-state index is 0.357. The van der Waals surface area contributed by atoms with Gasteiger partial charge in [-0.25, -0.2) is 0 Å². The predicted molar refractivity (Wildman–Crippen MR) is 54.8 cm³/mol. The fraction of sp³-hybridized carbons (Fsp3) is 0.200. The van der Waals surface area contributed by atoms with Crippen LogP contribution >= 0.6 is 0 Å². The first-order valence-corrected chi connectivity index (χ1v) is 4.35. The summed E-state index contributed by atoms with van der Waals surface area (Å²) in [5.74, 6) is -0.514. The number of hydrogen-bond donors (Lipinski definition) is 3. The molecular weight excluding hydrogens is 194 g/mol. The average Bonchev–Trinajstić information content (AvgIpc) is 2.28. The van der Waals surface area contributed by atoms with E-state index in [1.807, 2.05) is 6.07 Å². The number of aliphatic hydroxyl groups excluding tert-OH is 1. The molecule has 0 aromatic heterocycles. The van der Waals surface area contributed by atoms with Gasteiger partial charge in [0, 0.05) is 0 Å². The number of nitriles is 1. The number of amides is 1. The highest BCUT2D eigenvalue weighted by Gasteiger charge is 2.13. The topological polar surface area (TPSA) is 99.1 Å². The Labute approximate surface area is 87.1 Å². The Balaban J connectivity index is 2.81. The number of nitrogens with zero attached hydrogens (tertiary/aromatic N) is 1. The molecule has 1 aromatic carbocycles. The fourth-order valence-corrected chi connectivity index (χ4v) is 0.998. The van der Waals surface area contributed by atoms with E-state index in [0.29, 0.717) is 11.3 Å². The van der Waals surface area contributed by atoms with E-state index in [9.17, 15) is 4.79 Å². The number of aliphatic hydroxyl groups is 1. The van der Waals surface area contributed by atoms with Gasteiger partial charge in [-0.1, -0.05) is 12.1 Å². The summed E-state index contributed by atoms with van der Waals surface area (Å²) in [6, 6.07) is 7.54. The molecule has 0 heterocycles. The van der Waals surface area contributed by atoms with Gasteiger partial charge in [0.25, 0.3) is 0 Å². The Kier molecular flexibility index (Phi) is 3.80. The molecule has 4 N–H and O–H groups in total. The van der Waals surface area contributed by atoms with Gasteiger partial charge in [0.05, 0.1) is 17.9 Å². The van der Waals surface area contributed by atoms with Crippen LogP contribution in [0.3, 0.4) is 0 Å². The number of nitrogens with two attached hydrogens (primary N) is 1. The summed E-state index contributed by atoms with van der Waals surface area (Å²) >= 11 is 0. The van der Waals surface area contributed by atoms with Crippen molar-refractivity contribution in [3.8, 4) is 6.07 Å². The molecule has 5 heteroatoms. The second-order valence-electron chi connectivity index (χ2n) is 2.94. The zero-order valence-corrected chi connectivity index (χ0v) is 7.97. The van der Waals surface area contributed by atoms with Gasteiger partial charge in [0.15, 0.2) is 0 Å². The van der Waals surface area contributed by atoms with Crippen LogP contribution in [0.4, 0.5) is 5.69 Å². The van der Waals surface area contributed by atoms with E-state index in [1.165, 1.54) is 0 Å². The van der Waals surface area contributed by atoms with Gasteiger partial charge in [-0.3, -0.25) is 4.79 Å². The number of rotatable bonds is 3. The van der Waals surface area contributed by atoms with E-state index in [-0.39, 0.29) is 0 Å². The number of carbonyl (C=O) groups excluding carboxylic acids is 1. The van der Waals surface area contributed by atoms with Crippen LogP contribution in [0.1, 0.15) is 5.56 Å². The lowest BCUT2D eigenvalue weighted by atomic mass is 10.2. The van der Waals surface area contributed by atoms with Crippen LogP contribution in [0.15, 0.2) is 24.3 Å². The number of para-hydroxylation sites is 1. The highest BCUT2D eigenvalue weighted by molar-refractivity contribution is 5.95. The van der Waals surface area contributed by atoms with Crippen LogP contribution in [0, 0.1) is 11.3 Å². The number of hydrogen-bond acceptors (Lipinski definition) is 4. The quantitative estimate of drug-likeness (QED) is 0.637. The monoisotopic (exact) mass is 205 g/mol. The molecule has 1 aromatic rings. The molecule has 0 fully saturated rings. The predicted octanol–water partition coefficient (Wildman–Crippen LogP) is -0.184. The van der Waals surface area contributed by atoms with E-state index in [4.69, 9.17) is 16.1 Å². The minimum atomic E-state index is -0.975. The maximum Gasteiger partial charge on any atom is 0.243 e. The smallest absolute Gasteiger partial charge is 0.243 e. The van der Waals surface area contributed by atoms with Crippen molar-refractivity contribution in [2.75, 3.05) is 11.9 Å². The molecule has 1 rings (SSSR count). The number of anilines is 1. The van der Waals surface area contributed by atoms with E-state index < -0.39 is 18.6 Å². The van der Waals surface area contributed by atoms with Crippen LogP contribution in [0.25, 0.3) is 0 Å². The highest BCUT2D eigenvalue weighted by Crippen LogP contribution is 2.13. The summed E-state index contributed by atoms with van der Waals surface area (Å²) in [6.07, 6.45) is 0. The molecule has 1 amide bonds. The van der Waals surface area contributed by atoms with Crippen LogP contribution in [0.5, 0.6) is 0 Å². The zero-order valence-electron chi connectivity index (χ0n) is 7.97. The van der Waals surface area contributed by atoms with Gasteiger partial charge in [-0.15, -0.1) is 0 Å². The zero-order chi connectivity index (χ0) is 11.3. The molecule has 0 aliphatic rings. The Morgan fingerprint density at radius 3 is 2.87 bits per heavy atom. The standard InChI is InChI=1S/C10H11N3O2/c11-5-7-3-1-2-4-9(7)13-10(15)8(12)6-14/h1-4,8,14H,6,12H2,(H,13,15). The highest BCUT2D eigenvalue weighted by atomic mass is 16.3. The molecule has 15 heavy (non-hydrogen) atoms. The molecular formula is C10H11N3O2. The molecule has 0 spiro atoms. The molecule has 0 aliphatic carbocycles. The van der Waals surface area contributed by atoms with Gasteiger partial charge >= 0.3 is 0 Å². The molecule has 5 nitrogen and oxygen atoms in total. The summed E-state index contributed by atoms with van der Waals surface area (Å²) in [7, 11) is 0. The average molecular weight is 205 g/mol. The molecule has 0 radical (unpaired) electrons. The lowest BCUT2D eigenvalue weighted by Gasteiger charge is -2.10. The number of benzene rings is 1. The third kappa shape index (κ3) is 2.77. The van der Waals surface area contributed by atoms with Crippen molar-refractivity contribution < 1.29 is 9.90 Å². The molecule has 0 aliphatic heterocycles. The van der Waals surface area contributed by atoms with E-state index in [2.05, 4.69) is 5.32 Å². The van der Waals surface area contributed by atoms with Crippen molar-refractivity contribution in [3.63, 3.8) is 0 Å². The summed E-state index contributed by atoms with van der Waals surface area (Å²) in [6.45, 7) is -0.430. The van der Waals surface area contributed by atoms with Crippen LogP contribution in [-0.2, 0) is 4.79 Å². The molecule has 1 unspecified atom stereocenters. The van der Waals surface area contributed by atoms with Crippen LogP contribution < -0.4 is 11.1 Å². The maximum atomic E-state index is 11.3. The van der Waals surface area contributed by atoms with Gasteiger partial charge in [-0.05, 0) is 12.1 Å². The molecule has 1 atom stereocenters. The second kappa shape index (κ2) is 5.10. The van der Waals surface area contributed by atoms with Crippen molar-refractivity contribution >= 4 is 11.6 Å². The number of nitrogens with one attached hydrogen (secondary N) is 1. The lowest BCUT2D eigenvalue weighted by molar-refractivity contribution is -0.118. The summed E-state index contributed by atoms with van der Waals surface area (Å²) in [5, 5.41) is 19.9. The SMILES string of the molecule is N#Cc1ccccc1NC(=O)C(N)CO. The molecule has 0 saturated heterocycles. The van der Waals surface area contributed by atoms with Crippen molar-refractivity contribution in [1.82, 2.24) is 0 Å². The van der Waals surface area contributed by atoms with Gasteiger partial charge in [0.2, 0.25) is 5.91 Å². The van der Waals surface area contributed by atoms with Crippen LogP contribution in [0.2, 0.25) is 0 Å². The Morgan fingerprint density at radius 2 is 2.27 bits per heavy atom. The number of carbonyl (C=O) groups is 1. The first-order chi connectivity index (χ1) is 7.19. The van der Waals surface area contributed by atoms with Crippen LogP contribution in [-0.4, -0.2) is 23.7 Å². The summed E-state index contributed by atoms with van der Waals surface area (Å²) < 4.78 is 0. The maximum absolute atomic E-state index is 11.3. The third-order valence-electron chi connectivity index (χ3n) is 1.84. The fourth-order valence-electron chi connectivity index (χ4n) is 0.998. The largest absolute Gasteiger partial charge is 0.394 e. The Morgan fingerprint density at radius 1 is 1.60 bits per heavy atom. The lowest BCUT2D eigenvalue weighted by Crippen LogP contribution is -2.38. The second-order valence-corrected chi connectivity index (χ2v) is 2.94. The van der Waals surface area contributed by atoms with Crippen molar-refractivity contribution in [2.24, 2.45) is 5.73 Å². The Hall–Kier alpha value is -1.90. The van der Waals surface area contributed by atoms with Crippen molar-refractivity contribution in [3.05, 3.63) is 29.8 Å². The van der Waals surface area contributed by atoms with E-state index >= 15 is 0 Å². The summed E-state index contributed by atoms with van der Waals surface area (Å²) in [4.78, 5) is 11.3. The normalized spacial score (nSPS) is 11.5. The molecule has 78 valence electrons. The van der Waals surface area contributed by atoms with Gasteiger partial charge < -0.3 is 16.2 Å². The first kappa shape index (κ1) is 11.2. The van der Waals surface area contributed by atoms with Gasteiger partial charge in [0.1, 0.15) is 12.1 Å². The van der Waals surface area contributed by atoms with Crippen molar-refractivity contribution in [2.45, 2.75) is 6.04 Å². The first-order valence-electron chi connectivity index (χ1n) is 4.35. The molecule has 0 saturated carbocycles. The minimum Gasteiger partial charge on any atom is -0.394 e. The van der Waals surface area contributed by atoms with E-state index in [1.54, 1.807) is 24.3 Å².